The second-order valence-electron chi connectivity index (χ2n) is 6.82. The molecule has 0 aliphatic rings. The Balaban J connectivity index is 2.60. The molecule has 110 valence electrons. The van der Waals surface area contributed by atoms with Gasteiger partial charge in [-0.3, -0.25) is 4.68 Å². The van der Waals surface area contributed by atoms with Crippen LogP contribution < -0.4 is 5.32 Å². The number of hydrogen-bond donors (Lipinski definition) is 2. The Morgan fingerprint density at radius 1 is 1.37 bits per heavy atom. The van der Waals surface area contributed by atoms with Crippen molar-refractivity contribution in [2.75, 3.05) is 6.54 Å². The van der Waals surface area contributed by atoms with Crippen molar-refractivity contribution in [2.24, 2.45) is 0 Å². The van der Waals surface area contributed by atoms with Gasteiger partial charge in [-0.25, -0.2) is 0 Å². The first kappa shape index (κ1) is 16.2. The van der Waals surface area contributed by atoms with E-state index in [1.54, 1.807) is 0 Å². The fourth-order valence-corrected chi connectivity index (χ4v) is 1.81. The first-order valence-electron chi connectivity index (χ1n) is 7.14. The van der Waals surface area contributed by atoms with E-state index in [1.165, 1.54) is 0 Å². The Bertz CT molecular complexity index is 390. The Kier molecular flexibility index (Phi) is 5.16. The minimum Gasteiger partial charge on any atom is -0.388 e. The Morgan fingerprint density at radius 2 is 2.00 bits per heavy atom. The minimum atomic E-state index is -0.776. The number of aromatic nitrogens is 2. The van der Waals surface area contributed by atoms with Crippen molar-refractivity contribution in [3.8, 4) is 0 Å². The van der Waals surface area contributed by atoms with Gasteiger partial charge in [0.25, 0.3) is 0 Å². The number of aliphatic hydroxyl groups is 1. The summed E-state index contributed by atoms with van der Waals surface area (Å²) in [5.41, 5.74) is 0.183. The first-order chi connectivity index (χ1) is 8.63. The van der Waals surface area contributed by atoms with Crippen molar-refractivity contribution in [1.82, 2.24) is 15.1 Å². The van der Waals surface area contributed by atoms with Crippen molar-refractivity contribution in [3.63, 3.8) is 0 Å². The molecule has 0 saturated carbocycles. The Hall–Kier alpha value is -0.870. The summed E-state index contributed by atoms with van der Waals surface area (Å²) in [4.78, 5) is 0. The summed E-state index contributed by atoms with van der Waals surface area (Å²) < 4.78 is 1.97. The third-order valence-electron chi connectivity index (χ3n) is 3.27. The molecule has 0 fully saturated rings. The SMILES string of the molecule is CCC(C)n1ccc(CC(C)(O)CNC(C)(C)C)n1. The highest BCUT2D eigenvalue weighted by molar-refractivity contribution is 5.04. The highest BCUT2D eigenvalue weighted by Crippen LogP contribution is 2.15. The summed E-state index contributed by atoms with van der Waals surface area (Å²) in [6.45, 7) is 13.0. The van der Waals surface area contributed by atoms with Gasteiger partial charge in [0.1, 0.15) is 0 Å². The number of hydrogen-bond acceptors (Lipinski definition) is 3. The lowest BCUT2D eigenvalue weighted by Gasteiger charge is -2.29. The third-order valence-corrected chi connectivity index (χ3v) is 3.27. The average molecular weight is 267 g/mol. The fourth-order valence-electron chi connectivity index (χ4n) is 1.81. The average Bonchev–Trinajstić information content (AvgIpc) is 2.72. The molecule has 1 aromatic heterocycles. The lowest BCUT2D eigenvalue weighted by molar-refractivity contribution is 0.0523. The fraction of sp³-hybridized carbons (Fsp3) is 0.800. The number of β-amino-alcohol motifs (C(OH)–C–C–N with tert-alkyl or cyclic N) is 1. The molecule has 1 rings (SSSR count). The summed E-state index contributed by atoms with van der Waals surface area (Å²) in [7, 11) is 0. The van der Waals surface area contributed by atoms with E-state index in [1.807, 2.05) is 23.9 Å². The minimum absolute atomic E-state index is 0.0140. The highest BCUT2D eigenvalue weighted by Gasteiger charge is 2.24. The van der Waals surface area contributed by atoms with Gasteiger partial charge in [-0.05, 0) is 47.1 Å². The maximum Gasteiger partial charge on any atom is 0.0799 e. The molecule has 2 atom stereocenters. The Labute approximate surface area is 117 Å². The zero-order valence-electron chi connectivity index (χ0n) is 13.2. The Morgan fingerprint density at radius 3 is 2.53 bits per heavy atom. The van der Waals surface area contributed by atoms with E-state index in [2.05, 4.69) is 45.0 Å². The molecule has 0 aliphatic heterocycles. The van der Waals surface area contributed by atoms with Crippen LogP contribution in [0, 0.1) is 0 Å². The molecule has 2 N–H and O–H groups in total. The van der Waals surface area contributed by atoms with E-state index in [0.717, 1.165) is 12.1 Å². The van der Waals surface area contributed by atoms with Crippen molar-refractivity contribution >= 4 is 0 Å². The van der Waals surface area contributed by atoms with Crippen molar-refractivity contribution < 1.29 is 5.11 Å². The van der Waals surface area contributed by atoms with E-state index < -0.39 is 5.60 Å². The zero-order valence-corrected chi connectivity index (χ0v) is 13.2. The van der Waals surface area contributed by atoms with Crippen LogP contribution in [0.3, 0.4) is 0 Å². The summed E-state index contributed by atoms with van der Waals surface area (Å²) >= 11 is 0. The van der Waals surface area contributed by atoms with Gasteiger partial charge in [0.2, 0.25) is 0 Å². The maximum atomic E-state index is 10.4. The molecule has 0 bridgehead atoms. The number of nitrogens with zero attached hydrogens (tertiary/aromatic N) is 2. The van der Waals surface area contributed by atoms with Gasteiger partial charge in [0.15, 0.2) is 0 Å². The summed E-state index contributed by atoms with van der Waals surface area (Å²) in [6.07, 6.45) is 3.62. The smallest absolute Gasteiger partial charge is 0.0799 e. The second-order valence-corrected chi connectivity index (χ2v) is 6.82. The van der Waals surface area contributed by atoms with E-state index >= 15 is 0 Å². The van der Waals surface area contributed by atoms with Crippen LogP contribution in [0.4, 0.5) is 0 Å². The van der Waals surface area contributed by atoms with Crippen molar-refractivity contribution in [3.05, 3.63) is 18.0 Å². The zero-order chi connectivity index (χ0) is 14.7. The topological polar surface area (TPSA) is 50.1 Å². The van der Waals surface area contributed by atoms with Crippen LogP contribution in [0.15, 0.2) is 12.3 Å². The van der Waals surface area contributed by atoms with Gasteiger partial charge in [-0.15, -0.1) is 0 Å². The van der Waals surface area contributed by atoms with Crippen molar-refractivity contribution in [2.45, 2.75) is 71.6 Å². The highest BCUT2D eigenvalue weighted by atomic mass is 16.3. The van der Waals surface area contributed by atoms with Crippen LogP contribution in [-0.4, -0.2) is 32.6 Å². The monoisotopic (exact) mass is 267 g/mol. The molecule has 0 aromatic carbocycles. The van der Waals surface area contributed by atoms with Crippen LogP contribution >= 0.6 is 0 Å². The molecular formula is C15H29N3O. The van der Waals surface area contributed by atoms with Crippen LogP contribution in [0.5, 0.6) is 0 Å². The molecule has 2 unspecified atom stereocenters. The van der Waals surface area contributed by atoms with Gasteiger partial charge in [-0.2, -0.15) is 5.10 Å². The second kappa shape index (κ2) is 6.06. The summed E-state index contributed by atoms with van der Waals surface area (Å²) in [5.74, 6) is 0. The molecule has 4 heteroatoms. The number of rotatable bonds is 6. The van der Waals surface area contributed by atoms with Gasteiger partial charge in [-0.1, -0.05) is 6.92 Å². The molecule has 0 saturated heterocycles. The van der Waals surface area contributed by atoms with Gasteiger partial charge >= 0.3 is 0 Å². The lowest BCUT2D eigenvalue weighted by Crippen LogP contribution is -2.47. The van der Waals surface area contributed by atoms with Crippen LogP contribution in [0.2, 0.25) is 0 Å². The van der Waals surface area contributed by atoms with E-state index in [-0.39, 0.29) is 5.54 Å². The normalized spacial score (nSPS) is 17.2. The van der Waals surface area contributed by atoms with Gasteiger partial charge in [0.05, 0.1) is 11.3 Å². The predicted octanol–water partition coefficient (Wildman–Crippen LogP) is 2.54. The molecule has 19 heavy (non-hydrogen) atoms. The van der Waals surface area contributed by atoms with Gasteiger partial charge in [0, 0.05) is 30.7 Å². The molecule has 1 heterocycles. The van der Waals surface area contributed by atoms with E-state index in [0.29, 0.717) is 19.0 Å². The molecule has 0 radical (unpaired) electrons. The molecule has 0 aliphatic carbocycles. The van der Waals surface area contributed by atoms with Gasteiger partial charge < -0.3 is 10.4 Å². The van der Waals surface area contributed by atoms with E-state index in [4.69, 9.17) is 0 Å². The van der Waals surface area contributed by atoms with Crippen LogP contribution in [0.25, 0.3) is 0 Å². The van der Waals surface area contributed by atoms with Crippen LogP contribution in [-0.2, 0) is 6.42 Å². The van der Waals surface area contributed by atoms with E-state index in [9.17, 15) is 5.11 Å². The molecule has 4 nitrogen and oxygen atoms in total. The predicted molar refractivity (Wildman–Crippen MR) is 79.3 cm³/mol. The first-order valence-corrected chi connectivity index (χ1v) is 7.14. The molecular weight excluding hydrogens is 238 g/mol. The largest absolute Gasteiger partial charge is 0.388 e. The number of nitrogens with one attached hydrogen (secondary N) is 1. The standard InChI is InChI=1S/C15H29N3O/c1-7-12(2)18-9-8-13(17-18)10-15(6,19)11-16-14(3,4)5/h8-9,12,16,19H,7,10-11H2,1-6H3. The molecule has 0 amide bonds. The summed E-state index contributed by atoms with van der Waals surface area (Å²) in [6, 6.07) is 2.41. The van der Waals surface area contributed by atoms with Crippen LogP contribution in [0.1, 0.15) is 59.7 Å². The quantitative estimate of drug-likeness (QED) is 0.833. The lowest BCUT2D eigenvalue weighted by atomic mass is 9.98. The maximum absolute atomic E-state index is 10.4. The molecule has 0 spiro atoms. The summed E-state index contributed by atoms with van der Waals surface area (Å²) in [5, 5.41) is 18.3. The third kappa shape index (κ3) is 5.74. The van der Waals surface area contributed by atoms with Crippen molar-refractivity contribution in [1.29, 1.82) is 0 Å². The molecule has 1 aromatic rings.